The van der Waals surface area contributed by atoms with E-state index < -0.39 is 10.9 Å². The Labute approximate surface area is 72.1 Å². The van der Waals surface area contributed by atoms with E-state index in [1.54, 1.807) is 0 Å². The van der Waals surface area contributed by atoms with Crippen LogP contribution in [0.5, 0.6) is 0 Å². The van der Waals surface area contributed by atoms with Gasteiger partial charge in [0.15, 0.2) is 0 Å². The van der Waals surface area contributed by atoms with Gasteiger partial charge in [0, 0.05) is 6.07 Å². The summed E-state index contributed by atoms with van der Waals surface area (Å²) in [7, 11) is 0. The average molecular weight is 187 g/mol. The highest BCUT2D eigenvalue weighted by atomic mass is 19.0. The van der Waals surface area contributed by atoms with Gasteiger partial charge in [0.05, 0.1) is 4.92 Å². The molecule has 13 heavy (non-hydrogen) atoms. The molecule has 0 aliphatic heterocycles. The van der Waals surface area contributed by atoms with Crippen molar-refractivity contribution < 1.29 is 19.5 Å². The molecule has 0 aliphatic rings. The number of para-hydroxylation sites is 1. The first-order valence-electron chi connectivity index (χ1n) is 3.09. The lowest BCUT2D eigenvalue weighted by Crippen LogP contribution is -2.01. The predicted octanol–water partition coefficient (Wildman–Crippen LogP) is 1.45. The Kier molecular flexibility index (Phi) is 3.52. The third kappa shape index (κ3) is 2.22. The van der Waals surface area contributed by atoms with Crippen molar-refractivity contribution in [1.29, 1.82) is 0 Å². The number of aromatic carboxylic acids is 1. The lowest BCUT2D eigenvalue weighted by atomic mass is 10.2. The minimum atomic E-state index is -1.29. The van der Waals surface area contributed by atoms with Crippen molar-refractivity contribution in [3.05, 3.63) is 39.9 Å². The minimum absolute atomic E-state index is 0. The van der Waals surface area contributed by atoms with Crippen LogP contribution < -0.4 is 0 Å². The number of carboxylic acid groups (broad SMARTS) is 1. The Morgan fingerprint density at radius 3 is 2.31 bits per heavy atom. The van der Waals surface area contributed by atoms with Crippen LogP contribution in [-0.2, 0) is 0 Å². The van der Waals surface area contributed by atoms with Crippen molar-refractivity contribution in [1.82, 2.24) is 0 Å². The van der Waals surface area contributed by atoms with Gasteiger partial charge in [-0.3, -0.25) is 14.8 Å². The maximum absolute atomic E-state index is 10.4. The zero-order valence-corrected chi connectivity index (χ0v) is 6.34. The summed E-state index contributed by atoms with van der Waals surface area (Å²) in [5, 5.41) is 18.8. The van der Waals surface area contributed by atoms with E-state index in [-0.39, 0.29) is 16.0 Å². The topological polar surface area (TPSA) is 80.4 Å². The lowest BCUT2D eigenvalue weighted by molar-refractivity contribution is -0.385. The number of halogens is 1. The number of nitro benzene ring substituents is 1. The molecule has 1 aromatic rings. The minimum Gasteiger partial charge on any atom is -0.477 e. The van der Waals surface area contributed by atoms with Crippen molar-refractivity contribution in [2.75, 3.05) is 0 Å². The molecule has 6 heteroatoms. The third-order valence-corrected chi connectivity index (χ3v) is 1.33. The second-order valence-electron chi connectivity index (χ2n) is 2.08. The zero-order valence-electron chi connectivity index (χ0n) is 6.34. The highest BCUT2D eigenvalue weighted by molar-refractivity contribution is 5.92. The number of carboxylic acids is 1. The average Bonchev–Trinajstić information content (AvgIpc) is 2.04. The molecule has 0 radical (unpaired) electrons. The van der Waals surface area contributed by atoms with Crippen LogP contribution in [0.15, 0.2) is 24.3 Å². The van der Waals surface area contributed by atoms with Crippen LogP contribution in [-0.4, -0.2) is 16.0 Å². The molecule has 5 nitrogen and oxygen atoms in total. The largest absolute Gasteiger partial charge is 0.477 e. The fraction of sp³-hybridized carbons (Fsp3) is 0. The fourth-order valence-electron chi connectivity index (χ4n) is 0.814. The number of rotatable bonds is 2. The van der Waals surface area contributed by atoms with Crippen LogP contribution >= 0.6 is 0 Å². The summed E-state index contributed by atoms with van der Waals surface area (Å²) in [6, 6.07) is 5.21. The molecule has 0 heterocycles. The van der Waals surface area contributed by atoms with Gasteiger partial charge in [0.1, 0.15) is 5.56 Å². The van der Waals surface area contributed by atoms with Crippen LogP contribution in [0.3, 0.4) is 0 Å². The van der Waals surface area contributed by atoms with Crippen molar-refractivity contribution in [3.8, 4) is 0 Å². The summed E-state index contributed by atoms with van der Waals surface area (Å²) >= 11 is 0. The van der Waals surface area contributed by atoms with Crippen LogP contribution in [0.1, 0.15) is 10.4 Å². The van der Waals surface area contributed by atoms with E-state index in [9.17, 15) is 14.9 Å². The highest BCUT2D eigenvalue weighted by Crippen LogP contribution is 2.16. The maximum Gasteiger partial charge on any atom is 0.342 e. The van der Waals surface area contributed by atoms with Gasteiger partial charge >= 0.3 is 5.97 Å². The van der Waals surface area contributed by atoms with Gasteiger partial charge < -0.3 is 5.11 Å². The Hall–Kier alpha value is -1.98. The molecular formula is C7H6FNO4. The van der Waals surface area contributed by atoms with E-state index >= 15 is 0 Å². The van der Waals surface area contributed by atoms with Gasteiger partial charge in [0.25, 0.3) is 5.69 Å². The first-order chi connectivity index (χ1) is 5.63. The third-order valence-electron chi connectivity index (χ3n) is 1.33. The van der Waals surface area contributed by atoms with Crippen LogP contribution in [0.2, 0.25) is 0 Å². The molecule has 1 N–H and O–H groups in total. The fourth-order valence-corrected chi connectivity index (χ4v) is 0.814. The molecule has 0 saturated heterocycles. The second kappa shape index (κ2) is 4.15. The molecule has 0 bridgehead atoms. The Bertz CT molecular complexity index is 306. The molecule has 0 fully saturated rings. The summed E-state index contributed by atoms with van der Waals surface area (Å²) in [6.45, 7) is 0. The Morgan fingerprint density at radius 1 is 1.38 bits per heavy atom. The van der Waals surface area contributed by atoms with E-state index in [1.807, 2.05) is 0 Å². The summed E-state index contributed by atoms with van der Waals surface area (Å²) in [5.41, 5.74) is -0.674. The smallest absolute Gasteiger partial charge is 0.342 e. The molecule has 1 aromatic carbocycles. The molecular weight excluding hydrogens is 181 g/mol. The quantitative estimate of drug-likeness (QED) is 0.561. The Morgan fingerprint density at radius 2 is 1.92 bits per heavy atom. The highest BCUT2D eigenvalue weighted by Gasteiger charge is 2.17. The predicted molar refractivity (Wildman–Crippen MR) is 42.6 cm³/mol. The zero-order chi connectivity index (χ0) is 9.14. The lowest BCUT2D eigenvalue weighted by Gasteiger charge is -1.94. The molecule has 0 amide bonds. The number of hydrogen-bond donors (Lipinski definition) is 1. The molecule has 0 atom stereocenters. The first-order valence-corrected chi connectivity index (χ1v) is 3.09. The SMILES string of the molecule is F.O=C(O)c1ccccc1[N+](=O)[O-]. The monoisotopic (exact) mass is 187 g/mol. The van der Waals surface area contributed by atoms with E-state index in [2.05, 4.69) is 0 Å². The molecule has 0 saturated carbocycles. The van der Waals surface area contributed by atoms with Gasteiger partial charge in [-0.05, 0) is 6.07 Å². The summed E-state index contributed by atoms with van der Waals surface area (Å²) in [5.74, 6) is -1.29. The van der Waals surface area contributed by atoms with E-state index in [0.717, 1.165) is 6.07 Å². The van der Waals surface area contributed by atoms with E-state index in [0.29, 0.717) is 0 Å². The van der Waals surface area contributed by atoms with Gasteiger partial charge in [-0.25, -0.2) is 4.79 Å². The van der Waals surface area contributed by atoms with Gasteiger partial charge in [-0.1, -0.05) is 12.1 Å². The van der Waals surface area contributed by atoms with Crippen molar-refractivity contribution in [2.24, 2.45) is 0 Å². The summed E-state index contributed by atoms with van der Waals surface area (Å²) in [4.78, 5) is 20.0. The van der Waals surface area contributed by atoms with Crippen molar-refractivity contribution >= 4 is 11.7 Å². The molecule has 0 aromatic heterocycles. The number of hydrogen-bond acceptors (Lipinski definition) is 3. The number of benzene rings is 1. The summed E-state index contributed by atoms with van der Waals surface area (Å²) < 4.78 is 0. The van der Waals surface area contributed by atoms with Crippen LogP contribution in [0.4, 0.5) is 10.4 Å². The van der Waals surface area contributed by atoms with Crippen LogP contribution in [0.25, 0.3) is 0 Å². The Balaban J connectivity index is 0.00000144. The second-order valence-corrected chi connectivity index (χ2v) is 2.08. The number of carbonyl (C=O) groups is 1. The van der Waals surface area contributed by atoms with E-state index in [1.165, 1.54) is 18.2 Å². The van der Waals surface area contributed by atoms with Crippen molar-refractivity contribution in [3.63, 3.8) is 0 Å². The number of nitro groups is 1. The molecule has 70 valence electrons. The normalized spacial score (nSPS) is 8.62. The number of nitrogens with zero attached hydrogens (tertiary/aromatic N) is 1. The first kappa shape index (κ1) is 11.0. The summed E-state index contributed by atoms with van der Waals surface area (Å²) in [6.07, 6.45) is 0. The van der Waals surface area contributed by atoms with Crippen LogP contribution in [0, 0.1) is 10.1 Å². The molecule has 1 rings (SSSR count). The van der Waals surface area contributed by atoms with Gasteiger partial charge in [-0.15, -0.1) is 0 Å². The maximum atomic E-state index is 10.4. The standard InChI is InChI=1S/C7H5NO4.FH/c9-7(10)5-3-1-2-4-6(5)8(11)12;/h1-4H,(H,9,10);1H. The van der Waals surface area contributed by atoms with E-state index in [4.69, 9.17) is 5.11 Å². The molecule has 0 aliphatic carbocycles. The van der Waals surface area contributed by atoms with Gasteiger partial charge in [0.2, 0.25) is 0 Å². The van der Waals surface area contributed by atoms with Crippen molar-refractivity contribution in [2.45, 2.75) is 0 Å². The molecule has 0 unspecified atom stereocenters. The molecule has 0 spiro atoms. The van der Waals surface area contributed by atoms with Gasteiger partial charge in [-0.2, -0.15) is 0 Å².